The first-order chi connectivity index (χ1) is 7.86. The van der Waals surface area contributed by atoms with Crippen LogP contribution in [0.2, 0.25) is 0 Å². The number of nitrogens with one attached hydrogen (secondary N) is 1. The molecule has 1 amide bonds. The van der Waals surface area contributed by atoms with E-state index in [0.717, 1.165) is 32.4 Å². The molecule has 4 nitrogen and oxygen atoms in total. The highest BCUT2D eigenvalue weighted by atomic mass is 16.6. The Morgan fingerprint density at radius 3 is 2.65 bits per heavy atom. The fourth-order valence-corrected chi connectivity index (χ4v) is 2.76. The number of nitrogens with zero attached hydrogens (tertiary/aromatic N) is 1. The van der Waals surface area contributed by atoms with Crippen LogP contribution in [-0.2, 0) is 4.74 Å². The third kappa shape index (κ3) is 2.41. The molecule has 2 fully saturated rings. The summed E-state index contributed by atoms with van der Waals surface area (Å²) in [6, 6.07) is 0.556. The van der Waals surface area contributed by atoms with Gasteiger partial charge in [-0.3, -0.25) is 0 Å². The topological polar surface area (TPSA) is 41.6 Å². The highest BCUT2D eigenvalue weighted by molar-refractivity contribution is 5.70. The Hall–Kier alpha value is -0.770. The summed E-state index contributed by atoms with van der Waals surface area (Å²) in [5.74, 6) is 0. The third-order valence-electron chi connectivity index (χ3n) is 3.83. The van der Waals surface area contributed by atoms with Gasteiger partial charge in [0.1, 0.15) is 5.60 Å². The standard InChI is InChI=1S/C13H24N2O2/c1-5-10-8-13(9-14-10)6-7-15(13)11(16)17-12(2,3)4/h10,14H,5-9H2,1-4H3. The average Bonchev–Trinajstić information content (AvgIpc) is 2.58. The molecular formula is C13H24N2O2. The second-order valence-corrected chi connectivity index (χ2v) is 6.30. The van der Waals surface area contributed by atoms with E-state index in [1.165, 1.54) is 0 Å². The molecule has 2 heterocycles. The minimum Gasteiger partial charge on any atom is -0.444 e. The van der Waals surface area contributed by atoms with E-state index >= 15 is 0 Å². The number of rotatable bonds is 1. The lowest BCUT2D eigenvalue weighted by atomic mass is 9.82. The summed E-state index contributed by atoms with van der Waals surface area (Å²) in [5.41, 5.74) is -0.354. The molecule has 0 bridgehead atoms. The van der Waals surface area contributed by atoms with E-state index in [-0.39, 0.29) is 11.6 Å². The molecule has 0 aromatic rings. The lowest BCUT2D eigenvalue weighted by Gasteiger charge is -2.50. The minimum absolute atomic E-state index is 0.0447. The van der Waals surface area contributed by atoms with E-state index in [1.54, 1.807) is 0 Å². The zero-order valence-electron chi connectivity index (χ0n) is 11.4. The van der Waals surface area contributed by atoms with Gasteiger partial charge < -0.3 is 15.0 Å². The van der Waals surface area contributed by atoms with Gasteiger partial charge in [-0.05, 0) is 40.0 Å². The maximum absolute atomic E-state index is 12.1. The predicted octanol–water partition coefficient (Wildman–Crippen LogP) is 2.14. The molecule has 0 aromatic carbocycles. The number of carbonyl (C=O) groups excluding carboxylic acids is 1. The minimum atomic E-state index is -0.399. The molecule has 2 rings (SSSR count). The average molecular weight is 240 g/mol. The fraction of sp³-hybridized carbons (Fsp3) is 0.923. The summed E-state index contributed by atoms with van der Waals surface area (Å²) in [6.07, 6.45) is 3.16. The van der Waals surface area contributed by atoms with Gasteiger partial charge in [0.15, 0.2) is 0 Å². The van der Waals surface area contributed by atoms with Crippen LogP contribution >= 0.6 is 0 Å². The lowest BCUT2D eigenvalue weighted by Crippen LogP contribution is -2.64. The van der Waals surface area contributed by atoms with Gasteiger partial charge in [0.25, 0.3) is 0 Å². The summed E-state index contributed by atoms with van der Waals surface area (Å²) >= 11 is 0. The van der Waals surface area contributed by atoms with E-state index in [4.69, 9.17) is 4.74 Å². The maximum atomic E-state index is 12.1. The second kappa shape index (κ2) is 4.16. The Balaban J connectivity index is 1.97. The van der Waals surface area contributed by atoms with Gasteiger partial charge in [-0.15, -0.1) is 0 Å². The second-order valence-electron chi connectivity index (χ2n) is 6.30. The first-order valence-electron chi connectivity index (χ1n) is 6.60. The molecule has 2 aliphatic heterocycles. The van der Waals surface area contributed by atoms with Gasteiger partial charge in [0.05, 0.1) is 5.54 Å². The van der Waals surface area contributed by atoms with Crippen molar-refractivity contribution in [1.29, 1.82) is 0 Å². The van der Waals surface area contributed by atoms with Crippen LogP contribution in [0.3, 0.4) is 0 Å². The van der Waals surface area contributed by atoms with E-state index in [9.17, 15) is 4.79 Å². The smallest absolute Gasteiger partial charge is 0.410 e. The number of amides is 1. The molecule has 2 aliphatic rings. The molecule has 2 saturated heterocycles. The van der Waals surface area contributed by atoms with Gasteiger partial charge in [0.2, 0.25) is 0 Å². The molecule has 0 aromatic heterocycles. The van der Waals surface area contributed by atoms with Crippen LogP contribution in [0.25, 0.3) is 0 Å². The summed E-state index contributed by atoms with van der Waals surface area (Å²) in [7, 11) is 0. The summed E-state index contributed by atoms with van der Waals surface area (Å²) in [5, 5.41) is 3.50. The SMILES string of the molecule is CCC1CC2(CCN2C(=O)OC(C)(C)C)CN1. The van der Waals surface area contributed by atoms with Crippen LogP contribution in [0.1, 0.15) is 47.0 Å². The Kier molecular flexibility index (Phi) is 3.10. The Morgan fingerprint density at radius 2 is 2.24 bits per heavy atom. The third-order valence-corrected chi connectivity index (χ3v) is 3.83. The summed E-state index contributed by atoms with van der Waals surface area (Å²) in [4.78, 5) is 14.0. The quantitative estimate of drug-likeness (QED) is 0.763. The molecule has 0 radical (unpaired) electrons. The van der Waals surface area contributed by atoms with Crippen molar-refractivity contribution < 1.29 is 9.53 Å². The molecule has 1 spiro atoms. The summed E-state index contributed by atoms with van der Waals surface area (Å²) < 4.78 is 5.46. The molecule has 0 saturated carbocycles. The van der Waals surface area contributed by atoms with Crippen molar-refractivity contribution in [3.8, 4) is 0 Å². The van der Waals surface area contributed by atoms with Crippen molar-refractivity contribution in [2.75, 3.05) is 13.1 Å². The van der Waals surface area contributed by atoms with Crippen molar-refractivity contribution in [3.05, 3.63) is 0 Å². The van der Waals surface area contributed by atoms with Crippen molar-refractivity contribution in [2.45, 2.75) is 64.1 Å². The van der Waals surface area contributed by atoms with E-state index in [0.29, 0.717) is 6.04 Å². The first kappa shape index (κ1) is 12.7. The number of hydrogen-bond donors (Lipinski definition) is 1. The van der Waals surface area contributed by atoms with Crippen LogP contribution < -0.4 is 5.32 Å². The van der Waals surface area contributed by atoms with Crippen LogP contribution in [-0.4, -0.2) is 41.3 Å². The lowest BCUT2D eigenvalue weighted by molar-refractivity contribution is -0.0377. The van der Waals surface area contributed by atoms with E-state index in [2.05, 4.69) is 12.2 Å². The molecule has 2 unspecified atom stereocenters. The Morgan fingerprint density at radius 1 is 1.53 bits per heavy atom. The van der Waals surface area contributed by atoms with E-state index < -0.39 is 5.60 Å². The van der Waals surface area contributed by atoms with Gasteiger partial charge in [-0.1, -0.05) is 6.92 Å². The van der Waals surface area contributed by atoms with Gasteiger partial charge in [-0.2, -0.15) is 0 Å². The number of likely N-dealkylation sites (tertiary alicyclic amines) is 1. The molecule has 4 heteroatoms. The predicted molar refractivity (Wildman–Crippen MR) is 67.0 cm³/mol. The van der Waals surface area contributed by atoms with Gasteiger partial charge in [-0.25, -0.2) is 4.79 Å². The normalized spacial score (nSPS) is 32.7. The van der Waals surface area contributed by atoms with Crippen molar-refractivity contribution in [2.24, 2.45) is 0 Å². The molecule has 98 valence electrons. The molecular weight excluding hydrogens is 216 g/mol. The van der Waals surface area contributed by atoms with Crippen molar-refractivity contribution >= 4 is 6.09 Å². The zero-order chi connectivity index (χ0) is 12.7. The zero-order valence-corrected chi connectivity index (χ0v) is 11.4. The van der Waals surface area contributed by atoms with Gasteiger partial charge in [0, 0.05) is 19.1 Å². The molecule has 17 heavy (non-hydrogen) atoms. The highest BCUT2D eigenvalue weighted by Crippen LogP contribution is 2.39. The largest absolute Gasteiger partial charge is 0.444 e. The molecule has 1 N–H and O–H groups in total. The molecule has 0 aliphatic carbocycles. The number of hydrogen-bond acceptors (Lipinski definition) is 3. The molecule has 2 atom stereocenters. The van der Waals surface area contributed by atoms with Crippen molar-refractivity contribution in [1.82, 2.24) is 10.2 Å². The van der Waals surface area contributed by atoms with Gasteiger partial charge >= 0.3 is 6.09 Å². The van der Waals surface area contributed by atoms with Crippen LogP contribution in [0.5, 0.6) is 0 Å². The van der Waals surface area contributed by atoms with Crippen LogP contribution in [0, 0.1) is 0 Å². The van der Waals surface area contributed by atoms with E-state index in [1.807, 2.05) is 25.7 Å². The monoisotopic (exact) mass is 240 g/mol. The van der Waals surface area contributed by atoms with Crippen LogP contribution in [0.4, 0.5) is 4.79 Å². The maximum Gasteiger partial charge on any atom is 0.410 e. The number of carbonyl (C=O) groups is 1. The number of ether oxygens (including phenoxy) is 1. The van der Waals surface area contributed by atoms with Crippen LogP contribution in [0.15, 0.2) is 0 Å². The first-order valence-corrected chi connectivity index (χ1v) is 6.60. The highest BCUT2D eigenvalue weighted by Gasteiger charge is 2.52. The van der Waals surface area contributed by atoms with Crippen molar-refractivity contribution in [3.63, 3.8) is 0 Å². The Bertz CT molecular complexity index is 311. The summed E-state index contributed by atoms with van der Waals surface area (Å²) in [6.45, 7) is 9.70. The fourth-order valence-electron chi connectivity index (χ4n) is 2.76. The Labute approximate surface area is 104 Å².